The Bertz CT molecular complexity index is 321. The molecule has 1 heterocycles. The molecule has 2 rings (SSSR count). The van der Waals surface area contributed by atoms with Crippen LogP contribution in [0.2, 0.25) is 0 Å². The van der Waals surface area contributed by atoms with Crippen molar-refractivity contribution in [3.8, 4) is 0 Å². The van der Waals surface area contributed by atoms with Gasteiger partial charge in [0, 0.05) is 17.1 Å². The van der Waals surface area contributed by atoms with Gasteiger partial charge in [-0.3, -0.25) is 4.90 Å². The fourth-order valence-electron chi connectivity index (χ4n) is 2.27. The van der Waals surface area contributed by atoms with E-state index >= 15 is 0 Å². The Morgan fingerprint density at radius 3 is 2.53 bits per heavy atom. The van der Waals surface area contributed by atoms with Crippen molar-refractivity contribution in [3.63, 3.8) is 0 Å². The molecule has 0 saturated carbocycles. The Morgan fingerprint density at radius 2 is 1.93 bits per heavy atom. The summed E-state index contributed by atoms with van der Waals surface area (Å²) in [6.07, 6.45) is 2.61. The summed E-state index contributed by atoms with van der Waals surface area (Å²) in [6, 6.07) is 8.76. The topological polar surface area (TPSA) is 29.3 Å². The van der Waals surface area contributed by atoms with E-state index in [-0.39, 0.29) is 0 Å². The Balaban J connectivity index is 2.22. The molecule has 0 amide bonds. The van der Waals surface area contributed by atoms with Crippen LogP contribution in [0.4, 0.5) is 0 Å². The number of benzene rings is 1. The smallest absolute Gasteiger partial charge is 0.0481 e. The monoisotopic (exact) mass is 268 g/mol. The summed E-state index contributed by atoms with van der Waals surface area (Å²) in [5.74, 6) is 0. The van der Waals surface area contributed by atoms with Gasteiger partial charge >= 0.3 is 0 Å². The maximum atomic E-state index is 5.89. The third-order valence-corrected chi connectivity index (χ3v) is 3.79. The first-order valence-corrected chi connectivity index (χ1v) is 6.31. The van der Waals surface area contributed by atoms with E-state index in [0.717, 1.165) is 0 Å². The molecule has 0 radical (unpaired) electrons. The molecule has 1 aromatic rings. The first-order valence-electron chi connectivity index (χ1n) is 5.51. The third kappa shape index (κ3) is 2.41. The molecule has 0 bridgehead atoms. The molecule has 2 nitrogen and oxygen atoms in total. The minimum Gasteiger partial charge on any atom is -0.329 e. The molecule has 3 heteroatoms. The maximum Gasteiger partial charge on any atom is 0.0481 e. The van der Waals surface area contributed by atoms with Gasteiger partial charge in [-0.25, -0.2) is 0 Å². The minimum absolute atomic E-state index is 0.378. The van der Waals surface area contributed by atoms with Crippen molar-refractivity contribution >= 4 is 15.9 Å². The SMILES string of the molecule is NC[C@@H](c1ccccc1Br)N1CCCC1. The lowest BCUT2D eigenvalue weighted by Crippen LogP contribution is -2.31. The first-order chi connectivity index (χ1) is 7.33. The highest BCUT2D eigenvalue weighted by Crippen LogP contribution is 2.29. The van der Waals surface area contributed by atoms with E-state index in [1.54, 1.807) is 0 Å². The van der Waals surface area contributed by atoms with Gasteiger partial charge < -0.3 is 5.73 Å². The molecule has 0 unspecified atom stereocenters. The summed E-state index contributed by atoms with van der Waals surface area (Å²) in [7, 11) is 0. The molecule has 1 aromatic carbocycles. The van der Waals surface area contributed by atoms with E-state index in [1.807, 2.05) is 6.07 Å². The second kappa shape index (κ2) is 5.10. The molecule has 15 heavy (non-hydrogen) atoms. The summed E-state index contributed by atoms with van der Waals surface area (Å²) >= 11 is 3.60. The summed E-state index contributed by atoms with van der Waals surface area (Å²) < 4.78 is 1.17. The van der Waals surface area contributed by atoms with Crippen LogP contribution in [0.25, 0.3) is 0 Å². The Labute approximate surface area is 99.6 Å². The quantitative estimate of drug-likeness (QED) is 0.913. The van der Waals surface area contributed by atoms with E-state index in [4.69, 9.17) is 5.73 Å². The van der Waals surface area contributed by atoms with Crippen LogP contribution in [0.15, 0.2) is 28.7 Å². The highest BCUT2D eigenvalue weighted by Gasteiger charge is 2.23. The molecule has 1 saturated heterocycles. The molecular weight excluding hydrogens is 252 g/mol. The van der Waals surface area contributed by atoms with Crippen molar-refractivity contribution in [1.29, 1.82) is 0 Å². The van der Waals surface area contributed by atoms with E-state index in [0.29, 0.717) is 12.6 Å². The minimum atomic E-state index is 0.378. The number of likely N-dealkylation sites (tertiary alicyclic amines) is 1. The summed E-state index contributed by atoms with van der Waals surface area (Å²) in [6.45, 7) is 3.06. The second-order valence-electron chi connectivity index (χ2n) is 4.02. The first kappa shape index (κ1) is 11.1. The van der Waals surface area contributed by atoms with Crippen LogP contribution in [0, 0.1) is 0 Å². The molecule has 1 aliphatic heterocycles. The molecule has 0 spiro atoms. The zero-order valence-electron chi connectivity index (χ0n) is 8.82. The number of nitrogens with zero attached hydrogens (tertiary/aromatic N) is 1. The maximum absolute atomic E-state index is 5.89. The lowest BCUT2D eigenvalue weighted by atomic mass is 10.1. The van der Waals surface area contributed by atoms with Crippen LogP contribution >= 0.6 is 15.9 Å². The highest BCUT2D eigenvalue weighted by molar-refractivity contribution is 9.10. The Kier molecular flexibility index (Phi) is 3.78. The summed E-state index contributed by atoms with van der Waals surface area (Å²) in [5, 5.41) is 0. The zero-order valence-corrected chi connectivity index (χ0v) is 10.4. The van der Waals surface area contributed by atoms with Gasteiger partial charge in [0.2, 0.25) is 0 Å². The highest BCUT2D eigenvalue weighted by atomic mass is 79.9. The van der Waals surface area contributed by atoms with Crippen molar-refractivity contribution in [2.75, 3.05) is 19.6 Å². The number of hydrogen-bond acceptors (Lipinski definition) is 2. The van der Waals surface area contributed by atoms with Crippen LogP contribution < -0.4 is 5.73 Å². The molecule has 0 aliphatic carbocycles. The van der Waals surface area contributed by atoms with Gasteiger partial charge in [0.1, 0.15) is 0 Å². The summed E-state index contributed by atoms with van der Waals surface area (Å²) in [4.78, 5) is 2.49. The molecule has 0 aromatic heterocycles. The van der Waals surface area contributed by atoms with Gasteiger partial charge in [-0.2, -0.15) is 0 Å². The summed E-state index contributed by atoms with van der Waals surface area (Å²) in [5.41, 5.74) is 7.21. The third-order valence-electron chi connectivity index (χ3n) is 3.07. The van der Waals surface area contributed by atoms with Crippen LogP contribution in [0.5, 0.6) is 0 Å². The van der Waals surface area contributed by atoms with Crippen molar-refractivity contribution in [2.24, 2.45) is 5.73 Å². The van der Waals surface area contributed by atoms with Crippen molar-refractivity contribution in [2.45, 2.75) is 18.9 Å². The molecule has 1 aliphatic rings. The van der Waals surface area contributed by atoms with Gasteiger partial charge in [0.15, 0.2) is 0 Å². The van der Waals surface area contributed by atoms with Gasteiger partial charge in [0.05, 0.1) is 0 Å². The van der Waals surface area contributed by atoms with Crippen molar-refractivity contribution in [3.05, 3.63) is 34.3 Å². The predicted octanol–water partition coefficient (Wildman–Crippen LogP) is 2.54. The van der Waals surface area contributed by atoms with Crippen LogP contribution in [-0.4, -0.2) is 24.5 Å². The second-order valence-corrected chi connectivity index (χ2v) is 4.87. The van der Waals surface area contributed by atoms with Gasteiger partial charge in [-0.1, -0.05) is 34.1 Å². The predicted molar refractivity (Wildman–Crippen MR) is 66.7 cm³/mol. The van der Waals surface area contributed by atoms with Crippen molar-refractivity contribution in [1.82, 2.24) is 4.90 Å². The Morgan fingerprint density at radius 1 is 1.27 bits per heavy atom. The van der Waals surface area contributed by atoms with E-state index in [1.165, 1.54) is 36.0 Å². The van der Waals surface area contributed by atoms with Crippen LogP contribution in [-0.2, 0) is 0 Å². The fraction of sp³-hybridized carbons (Fsp3) is 0.500. The number of rotatable bonds is 3. The van der Waals surface area contributed by atoms with E-state index in [9.17, 15) is 0 Å². The van der Waals surface area contributed by atoms with E-state index < -0.39 is 0 Å². The zero-order chi connectivity index (χ0) is 10.7. The molecule has 1 fully saturated rings. The molecular formula is C12H17BrN2. The van der Waals surface area contributed by atoms with Crippen LogP contribution in [0.3, 0.4) is 0 Å². The lowest BCUT2D eigenvalue weighted by Gasteiger charge is -2.27. The number of halogens is 1. The fourth-order valence-corrected chi connectivity index (χ4v) is 2.82. The standard InChI is InChI=1S/C12H17BrN2/c13-11-6-2-1-5-10(11)12(9-14)15-7-3-4-8-15/h1-2,5-6,12H,3-4,7-9,14H2/t12-/m0/s1. The van der Waals surface area contributed by atoms with Crippen molar-refractivity contribution < 1.29 is 0 Å². The number of hydrogen-bond donors (Lipinski definition) is 1. The normalized spacial score (nSPS) is 19.3. The number of nitrogens with two attached hydrogens (primary N) is 1. The lowest BCUT2D eigenvalue weighted by molar-refractivity contribution is 0.250. The van der Waals surface area contributed by atoms with Crippen LogP contribution in [0.1, 0.15) is 24.4 Å². The average Bonchev–Trinajstić information content (AvgIpc) is 2.75. The molecule has 2 N–H and O–H groups in total. The van der Waals surface area contributed by atoms with Gasteiger partial charge in [0.25, 0.3) is 0 Å². The largest absolute Gasteiger partial charge is 0.329 e. The molecule has 82 valence electrons. The molecule has 1 atom stereocenters. The van der Waals surface area contributed by atoms with Gasteiger partial charge in [-0.05, 0) is 37.6 Å². The van der Waals surface area contributed by atoms with Gasteiger partial charge in [-0.15, -0.1) is 0 Å². The average molecular weight is 269 g/mol. The van der Waals surface area contributed by atoms with E-state index in [2.05, 4.69) is 39.0 Å². The Hall–Kier alpha value is -0.380.